The minimum Gasteiger partial charge on any atom is -0.490 e. The molecule has 0 aliphatic carbocycles. The van der Waals surface area contributed by atoms with Crippen LogP contribution in [0.5, 0.6) is 17.2 Å². The van der Waals surface area contributed by atoms with Crippen LogP contribution in [0.15, 0.2) is 36.4 Å². The Morgan fingerprint density at radius 1 is 1.20 bits per heavy atom. The molecule has 0 unspecified atom stereocenters. The summed E-state index contributed by atoms with van der Waals surface area (Å²) in [7, 11) is 1.32. The molecule has 0 aliphatic heterocycles. The van der Waals surface area contributed by atoms with Crippen molar-refractivity contribution in [2.75, 3.05) is 12.8 Å². The molecule has 0 bridgehead atoms. The maximum Gasteiger partial charge on any atom is 0.311 e. The van der Waals surface area contributed by atoms with Crippen LogP contribution in [0.25, 0.3) is 0 Å². The Bertz CT molecular complexity index is 661. The van der Waals surface area contributed by atoms with Crippen LogP contribution in [0.4, 0.5) is 15.8 Å². The first-order valence-electron chi connectivity index (χ1n) is 5.56. The van der Waals surface area contributed by atoms with E-state index in [2.05, 4.69) is 0 Å². The number of nitro benzene ring substituents is 1. The van der Waals surface area contributed by atoms with Gasteiger partial charge in [0, 0.05) is 18.2 Å². The van der Waals surface area contributed by atoms with Crippen molar-refractivity contribution >= 4 is 11.4 Å². The van der Waals surface area contributed by atoms with Gasteiger partial charge < -0.3 is 15.2 Å². The zero-order valence-corrected chi connectivity index (χ0v) is 10.5. The molecular weight excluding hydrogens is 267 g/mol. The minimum absolute atomic E-state index is 0.0450. The highest BCUT2D eigenvalue weighted by molar-refractivity contribution is 5.52. The number of halogens is 1. The molecule has 20 heavy (non-hydrogen) atoms. The Kier molecular flexibility index (Phi) is 3.69. The number of ether oxygens (including phenoxy) is 2. The third-order valence-electron chi connectivity index (χ3n) is 2.55. The summed E-state index contributed by atoms with van der Waals surface area (Å²) in [5, 5.41) is 10.8. The van der Waals surface area contributed by atoms with Crippen LogP contribution < -0.4 is 15.2 Å². The van der Waals surface area contributed by atoms with Crippen molar-refractivity contribution < 1.29 is 18.8 Å². The van der Waals surface area contributed by atoms with Gasteiger partial charge in [0.25, 0.3) is 0 Å². The second-order valence-corrected chi connectivity index (χ2v) is 3.88. The number of nitrogen functional groups attached to an aromatic ring is 1. The van der Waals surface area contributed by atoms with Gasteiger partial charge in [-0.25, -0.2) is 4.39 Å². The summed E-state index contributed by atoms with van der Waals surface area (Å²) in [6, 6.07) is 7.95. The molecule has 0 saturated heterocycles. The predicted molar refractivity (Wildman–Crippen MR) is 70.5 cm³/mol. The van der Waals surface area contributed by atoms with Gasteiger partial charge in [-0.2, -0.15) is 0 Å². The van der Waals surface area contributed by atoms with E-state index in [4.69, 9.17) is 15.2 Å². The molecule has 2 aromatic rings. The summed E-state index contributed by atoms with van der Waals surface area (Å²) in [5.74, 6) is 0.166. The Morgan fingerprint density at radius 3 is 2.45 bits per heavy atom. The highest BCUT2D eigenvalue weighted by Crippen LogP contribution is 2.33. The molecule has 0 aliphatic rings. The van der Waals surface area contributed by atoms with Gasteiger partial charge in [-0.15, -0.1) is 0 Å². The first kappa shape index (κ1) is 13.6. The first-order chi connectivity index (χ1) is 9.51. The largest absolute Gasteiger partial charge is 0.490 e. The molecule has 2 rings (SSSR count). The molecule has 0 heterocycles. The van der Waals surface area contributed by atoms with Gasteiger partial charge in [-0.3, -0.25) is 10.1 Å². The van der Waals surface area contributed by atoms with Crippen molar-refractivity contribution in [2.24, 2.45) is 0 Å². The van der Waals surface area contributed by atoms with Gasteiger partial charge in [0.05, 0.1) is 17.7 Å². The van der Waals surface area contributed by atoms with Crippen molar-refractivity contribution in [1.29, 1.82) is 0 Å². The zero-order chi connectivity index (χ0) is 14.7. The van der Waals surface area contributed by atoms with Crippen LogP contribution in [0.3, 0.4) is 0 Å². The van der Waals surface area contributed by atoms with E-state index in [-0.39, 0.29) is 17.1 Å². The van der Waals surface area contributed by atoms with E-state index in [1.165, 1.54) is 43.5 Å². The van der Waals surface area contributed by atoms with Gasteiger partial charge >= 0.3 is 5.69 Å². The van der Waals surface area contributed by atoms with Crippen molar-refractivity contribution in [3.05, 3.63) is 52.3 Å². The zero-order valence-electron chi connectivity index (χ0n) is 10.5. The minimum atomic E-state index is -0.557. The van der Waals surface area contributed by atoms with E-state index < -0.39 is 10.7 Å². The quantitative estimate of drug-likeness (QED) is 0.527. The van der Waals surface area contributed by atoms with E-state index in [0.717, 1.165) is 0 Å². The van der Waals surface area contributed by atoms with Gasteiger partial charge in [0.2, 0.25) is 5.75 Å². The third-order valence-corrected chi connectivity index (χ3v) is 2.55. The molecule has 6 nitrogen and oxygen atoms in total. The third kappa shape index (κ3) is 2.77. The van der Waals surface area contributed by atoms with E-state index in [1.807, 2.05) is 0 Å². The highest BCUT2D eigenvalue weighted by atomic mass is 19.1. The van der Waals surface area contributed by atoms with Gasteiger partial charge in [0.1, 0.15) is 17.3 Å². The van der Waals surface area contributed by atoms with Crippen LogP contribution >= 0.6 is 0 Å². The molecule has 2 N–H and O–H groups in total. The Labute approximate surface area is 113 Å². The molecule has 2 aromatic carbocycles. The fourth-order valence-electron chi connectivity index (χ4n) is 1.59. The molecule has 0 atom stereocenters. The Morgan fingerprint density at radius 2 is 1.85 bits per heavy atom. The normalized spacial score (nSPS) is 10.1. The average Bonchev–Trinajstić information content (AvgIpc) is 2.42. The number of methoxy groups -OCH3 is 1. The fraction of sp³-hybridized carbons (Fsp3) is 0.0769. The van der Waals surface area contributed by atoms with Crippen molar-refractivity contribution in [3.8, 4) is 17.2 Å². The lowest BCUT2D eigenvalue weighted by molar-refractivity contribution is -0.385. The summed E-state index contributed by atoms with van der Waals surface area (Å²) in [4.78, 5) is 10.2. The van der Waals surface area contributed by atoms with E-state index in [9.17, 15) is 14.5 Å². The number of anilines is 1. The molecular formula is C13H11FN2O4. The van der Waals surface area contributed by atoms with Crippen LogP contribution in [0.2, 0.25) is 0 Å². The molecule has 104 valence electrons. The lowest BCUT2D eigenvalue weighted by atomic mass is 10.2. The van der Waals surface area contributed by atoms with Crippen molar-refractivity contribution in [3.63, 3.8) is 0 Å². The molecule has 0 saturated carbocycles. The lowest BCUT2D eigenvalue weighted by Gasteiger charge is -2.08. The van der Waals surface area contributed by atoms with E-state index >= 15 is 0 Å². The van der Waals surface area contributed by atoms with E-state index in [0.29, 0.717) is 11.5 Å². The maximum atomic E-state index is 13.0. The van der Waals surface area contributed by atoms with Crippen LogP contribution in [-0.2, 0) is 0 Å². The highest BCUT2D eigenvalue weighted by Gasteiger charge is 2.15. The Balaban J connectivity index is 2.29. The number of nitrogens with two attached hydrogens (primary N) is 1. The number of hydrogen-bond donors (Lipinski definition) is 1. The van der Waals surface area contributed by atoms with Crippen LogP contribution in [0.1, 0.15) is 0 Å². The summed E-state index contributed by atoms with van der Waals surface area (Å²) < 4.78 is 23.4. The number of nitro groups is 1. The smallest absolute Gasteiger partial charge is 0.311 e. The van der Waals surface area contributed by atoms with Crippen LogP contribution in [-0.4, -0.2) is 12.0 Å². The molecule has 0 fully saturated rings. The number of hydrogen-bond acceptors (Lipinski definition) is 5. The average molecular weight is 278 g/mol. The second kappa shape index (κ2) is 5.43. The topological polar surface area (TPSA) is 87.6 Å². The van der Waals surface area contributed by atoms with Crippen molar-refractivity contribution in [1.82, 2.24) is 0 Å². The second-order valence-electron chi connectivity index (χ2n) is 3.88. The standard InChI is InChI=1S/C13H11FN2O4/c1-19-13-7-9(3-5-12(13)16(17)18)20-8-2-4-10(14)11(15)6-8/h2-7H,15H2,1H3. The molecule has 7 heteroatoms. The SMILES string of the molecule is COc1cc(Oc2ccc(F)c(N)c2)ccc1[N+](=O)[O-]. The lowest BCUT2D eigenvalue weighted by Crippen LogP contribution is -1.95. The van der Waals surface area contributed by atoms with Crippen molar-refractivity contribution in [2.45, 2.75) is 0 Å². The molecule has 0 aromatic heterocycles. The van der Waals surface area contributed by atoms with E-state index in [1.54, 1.807) is 0 Å². The maximum absolute atomic E-state index is 13.0. The van der Waals surface area contributed by atoms with Gasteiger partial charge in [-0.1, -0.05) is 0 Å². The van der Waals surface area contributed by atoms with Gasteiger partial charge in [0.15, 0.2) is 0 Å². The molecule has 0 amide bonds. The monoisotopic (exact) mass is 278 g/mol. The summed E-state index contributed by atoms with van der Waals surface area (Å²) in [6.07, 6.45) is 0. The first-order valence-corrected chi connectivity index (χ1v) is 5.56. The number of rotatable bonds is 4. The fourth-order valence-corrected chi connectivity index (χ4v) is 1.59. The Hall–Kier alpha value is -2.83. The number of benzene rings is 2. The van der Waals surface area contributed by atoms with Gasteiger partial charge in [-0.05, 0) is 18.2 Å². The summed E-state index contributed by atoms with van der Waals surface area (Å²) >= 11 is 0. The molecule has 0 radical (unpaired) electrons. The van der Waals surface area contributed by atoms with Crippen LogP contribution in [0, 0.1) is 15.9 Å². The summed E-state index contributed by atoms with van der Waals surface area (Å²) in [6.45, 7) is 0. The number of nitrogens with zero attached hydrogens (tertiary/aromatic N) is 1. The predicted octanol–water partition coefficient (Wildman–Crippen LogP) is 3.12. The summed E-state index contributed by atoms with van der Waals surface area (Å²) in [5.41, 5.74) is 5.21. The molecule has 0 spiro atoms.